The molecular weight excluding hydrogens is 1170 g/mol. The fraction of sp³-hybridized carbons (Fsp3) is 0. The van der Waals surface area contributed by atoms with E-state index in [4.69, 9.17) is 16.6 Å². The molecule has 9 aromatic carbocycles. The number of carboxylic acids is 1. The van der Waals surface area contributed by atoms with Gasteiger partial charge in [0.15, 0.2) is 0 Å². The van der Waals surface area contributed by atoms with Gasteiger partial charge in [0, 0.05) is 63.2 Å². The number of nitrogen functional groups attached to an aromatic ring is 2. The van der Waals surface area contributed by atoms with Crippen LogP contribution < -0.4 is 33.8 Å². The number of nitro groups is 2. The number of carbonyl (C=O) groups is 3. The van der Waals surface area contributed by atoms with Crippen LogP contribution in [0.25, 0.3) is 32.3 Å². The Hall–Kier alpha value is -8.24. The third-order valence-corrected chi connectivity index (χ3v) is 10.0. The van der Waals surface area contributed by atoms with Crippen LogP contribution in [0.1, 0.15) is 31.1 Å². The van der Waals surface area contributed by atoms with Crippen molar-refractivity contribution in [3.05, 3.63) is 219 Å². The third-order valence-electron chi connectivity index (χ3n) is 10.0. The number of hydrogen-bond acceptors (Lipinski definition) is 14. The van der Waals surface area contributed by atoms with Crippen LogP contribution in [0.3, 0.4) is 0 Å². The number of aromatic hydroxyl groups is 3. The van der Waals surface area contributed by atoms with E-state index >= 15 is 0 Å². The van der Waals surface area contributed by atoms with E-state index in [0.29, 0.717) is 38.9 Å². The number of amides is 2. The lowest BCUT2D eigenvalue weighted by atomic mass is 10.0. The minimum absolute atomic E-state index is 0.0129. The number of nitrogens with two attached hydrogens (primary N) is 4. The third kappa shape index (κ3) is 16.9. The number of anilines is 4. The summed E-state index contributed by atoms with van der Waals surface area (Å²) in [4.78, 5) is 55.0. The molecule has 0 aromatic heterocycles. The van der Waals surface area contributed by atoms with Gasteiger partial charge in [-0.2, -0.15) is 0 Å². The largest absolute Gasteiger partial charge is 0.506 e. The van der Waals surface area contributed by atoms with Crippen LogP contribution in [0.15, 0.2) is 182 Å². The molecule has 0 fully saturated rings. The number of nitrogens with one attached hydrogen (secondary N) is 2. The number of rotatable bonds is 7. The molecule has 0 saturated heterocycles. The molecule has 0 bridgehead atoms. The van der Waals surface area contributed by atoms with Crippen molar-refractivity contribution in [2.45, 2.75) is 0 Å². The summed E-state index contributed by atoms with van der Waals surface area (Å²) in [5, 5.41) is 69.3. The summed E-state index contributed by atoms with van der Waals surface area (Å²) in [7, 11) is 0. The second-order valence-electron chi connectivity index (χ2n) is 14.7. The standard InChI is InChI=1S/C17H12N2O4.C17H14N2O2.C11H8O3.C6H6N2O2.Br3P.H4N2/c20-16-14-4-2-1-3-11(14)5-10-15(16)17(21)18-12-6-8-13(9-7-12)19(22)23;18-12-6-8-13(9-7-12)19-17(21)15-10-5-11-3-1-2-4-14(11)16(15)20;12-10-8-4-2-1-3-7(8)5-6-9(10)11(13)14;7-5-1-3-6(4-2-5)8(9)10;1-4(2)3;1-2/h1-10,20H,(H,18,21);1-10,20H,18H2,(H,19,21);1-6,12H,(H,13,14);1-4H,7H2;;1-2H2. The Morgan fingerprint density at radius 3 is 1.04 bits per heavy atom. The maximum Gasteiger partial charge on any atom is 0.339 e. The molecule has 0 aliphatic carbocycles. The zero-order chi connectivity index (χ0) is 54.5. The van der Waals surface area contributed by atoms with Gasteiger partial charge in [-0.3, -0.25) is 41.5 Å². The number of non-ortho nitro benzene ring substituents is 2. The van der Waals surface area contributed by atoms with Crippen LogP contribution >= 0.6 is 50.5 Å². The first kappa shape index (κ1) is 58.3. The van der Waals surface area contributed by atoms with E-state index in [0.717, 1.165) is 16.2 Å². The number of nitro benzene ring substituents is 2. The molecule has 14 N–H and O–H groups in total. The minimum Gasteiger partial charge on any atom is -0.506 e. The van der Waals surface area contributed by atoms with Crippen LogP contribution in [0.4, 0.5) is 34.1 Å². The highest BCUT2D eigenvalue weighted by molar-refractivity contribution is 9.93. The topological polar surface area (TPSA) is 347 Å². The number of benzene rings is 9. The Balaban J connectivity index is 0.000000214. The zero-order valence-electron chi connectivity index (χ0n) is 38.3. The van der Waals surface area contributed by atoms with E-state index in [1.54, 1.807) is 78.9 Å². The Labute approximate surface area is 446 Å². The number of fused-ring (bicyclic) bond motifs is 3. The summed E-state index contributed by atoms with van der Waals surface area (Å²) < 4.78 is -0.183. The molecule has 74 heavy (non-hydrogen) atoms. The molecule has 9 aromatic rings. The fourth-order valence-electron chi connectivity index (χ4n) is 6.53. The number of phenolic OH excluding ortho intramolecular Hbond substituents is 2. The molecule has 0 radical (unpaired) electrons. The first-order valence-corrected chi connectivity index (χ1v) is 28.4. The highest BCUT2D eigenvalue weighted by Gasteiger charge is 2.16. The molecule has 0 atom stereocenters. The highest BCUT2D eigenvalue weighted by Crippen LogP contribution is 2.59. The van der Waals surface area contributed by atoms with Crippen molar-refractivity contribution in [3.63, 3.8) is 0 Å². The Morgan fingerprint density at radius 1 is 0.446 bits per heavy atom. The number of nitrogens with zero attached hydrogens (tertiary/aromatic N) is 2. The van der Waals surface area contributed by atoms with Crippen LogP contribution in [0.2, 0.25) is 0 Å². The second-order valence-corrected chi connectivity index (χ2v) is 30.1. The van der Waals surface area contributed by atoms with E-state index in [1.165, 1.54) is 54.6 Å². The lowest BCUT2D eigenvalue weighted by molar-refractivity contribution is -0.385. The van der Waals surface area contributed by atoms with Gasteiger partial charge in [-0.25, -0.2) is 4.79 Å². The summed E-state index contributed by atoms with van der Waals surface area (Å²) in [6.07, 6.45) is 0. The molecule has 0 heterocycles. The molecule has 2 amide bonds. The first-order chi connectivity index (χ1) is 35.3. The van der Waals surface area contributed by atoms with Gasteiger partial charge in [-0.1, -0.05) is 91.0 Å². The molecule has 19 nitrogen and oxygen atoms in total. The van der Waals surface area contributed by atoms with Gasteiger partial charge >= 0.3 is 5.97 Å². The summed E-state index contributed by atoms with van der Waals surface area (Å²) in [5.41, 5.74) is 13.4. The Kier molecular flexibility index (Phi) is 22.6. The number of hydrazine groups is 1. The van der Waals surface area contributed by atoms with Gasteiger partial charge in [0.05, 0.1) is 21.0 Å². The molecule has 0 aliphatic heterocycles. The predicted octanol–water partition coefficient (Wildman–Crippen LogP) is 12.7. The maximum absolute atomic E-state index is 12.3. The molecule has 0 saturated carbocycles. The number of carbonyl (C=O) groups excluding carboxylic acids is 2. The van der Waals surface area contributed by atoms with Crippen molar-refractivity contribution in [1.29, 1.82) is 0 Å². The summed E-state index contributed by atoms with van der Waals surface area (Å²) in [5.74, 6) is 5.76. The molecule has 0 spiro atoms. The summed E-state index contributed by atoms with van der Waals surface area (Å²) >= 11 is 9.51. The Morgan fingerprint density at radius 2 is 0.716 bits per heavy atom. The van der Waals surface area contributed by atoms with Crippen LogP contribution in [-0.2, 0) is 0 Å². The van der Waals surface area contributed by atoms with Crippen LogP contribution in [-0.4, -0.2) is 48.1 Å². The van der Waals surface area contributed by atoms with Gasteiger partial charge in [0.1, 0.15) is 26.8 Å². The van der Waals surface area contributed by atoms with E-state index in [1.807, 2.05) is 48.5 Å². The molecule has 9 rings (SSSR count). The highest BCUT2D eigenvalue weighted by atomic mass is 80.0. The number of hydrogen-bond donors (Lipinski definition) is 10. The SMILES string of the molecule is BrP(Br)Br.NN.Nc1ccc(NC(=O)c2ccc3ccccc3c2O)cc1.Nc1ccc([N+](=O)[O-])cc1.O=C(Nc1ccc([N+](=O)[O-])cc1)c1ccc2ccccc2c1O.O=C(O)c1ccc2ccccc2c1O. The molecule has 380 valence electrons. The molecule has 23 heteroatoms. The first-order valence-electron chi connectivity index (χ1n) is 21.0. The van der Waals surface area contributed by atoms with Crippen molar-refractivity contribution in [2.24, 2.45) is 11.7 Å². The van der Waals surface area contributed by atoms with E-state index < -0.39 is 21.7 Å². The summed E-state index contributed by atoms with van der Waals surface area (Å²) in [6.45, 7) is 0. The van der Waals surface area contributed by atoms with Crippen molar-refractivity contribution in [1.82, 2.24) is 0 Å². The van der Waals surface area contributed by atoms with E-state index in [9.17, 15) is 49.9 Å². The van der Waals surface area contributed by atoms with E-state index in [-0.39, 0.29) is 55.2 Å². The van der Waals surface area contributed by atoms with E-state index in [2.05, 4.69) is 68.8 Å². The molecular formula is C51H44Br3N8O11P. The zero-order valence-corrected chi connectivity index (χ0v) is 43.9. The van der Waals surface area contributed by atoms with Gasteiger partial charge in [-0.05, 0) is 129 Å². The van der Waals surface area contributed by atoms with Crippen LogP contribution in [0, 0.1) is 20.2 Å². The van der Waals surface area contributed by atoms with Crippen molar-refractivity contribution in [3.8, 4) is 17.2 Å². The maximum atomic E-state index is 12.3. The number of aromatic carboxylic acids is 1. The average Bonchev–Trinajstić information content (AvgIpc) is 3.39. The number of carboxylic acid groups (broad SMARTS) is 1. The van der Waals surface area contributed by atoms with Crippen LogP contribution in [0.5, 0.6) is 17.2 Å². The molecule has 0 unspecified atom stereocenters. The quantitative estimate of drug-likeness (QED) is 0.0233. The lowest BCUT2D eigenvalue weighted by Gasteiger charge is -2.09. The van der Waals surface area contributed by atoms with Crippen molar-refractivity contribution in [2.75, 3.05) is 22.1 Å². The monoisotopic (exact) mass is 1210 g/mol. The number of phenols is 3. The fourth-order valence-corrected chi connectivity index (χ4v) is 6.53. The van der Waals surface area contributed by atoms with Gasteiger partial charge in [0.25, 0.3) is 23.2 Å². The normalized spacial score (nSPS) is 9.97. The van der Waals surface area contributed by atoms with Gasteiger partial charge in [0.2, 0.25) is 0 Å². The van der Waals surface area contributed by atoms with Gasteiger partial charge in [-0.15, -0.1) is 0 Å². The predicted molar refractivity (Wildman–Crippen MR) is 303 cm³/mol. The summed E-state index contributed by atoms with van der Waals surface area (Å²) in [6, 6.07) is 49.5. The average molecular weight is 1220 g/mol. The molecule has 0 aliphatic rings. The van der Waals surface area contributed by atoms with Crippen molar-refractivity contribution >= 4 is 135 Å². The van der Waals surface area contributed by atoms with Gasteiger partial charge < -0.3 is 42.5 Å². The van der Waals surface area contributed by atoms with Crippen molar-refractivity contribution < 1.29 is 44.7 Å². The smallest absolute Gasteiger partial charge is 0.339 e. The number of halogens is 3. The Bertz CT molecular complexity index is 3390. The minimum atomic E-state index is -1.12. The second kappa shape index (κ2) is 28.7. The lowest BCUT2D eigenvalue weighted by Crippen LogP contribution is -2.12.